The Kier molecular flexibility index (Phi) is 3.79. The van der Waals surface area contributed by atoms with Gasteiger partial charge in [0.05, 0.1) is 13.3 Å². The zero-order chi connectivity index (χ0) is 13.8. The SMILES string of the molecule is COc1cccc(F)c1C(=O)NCc1cn[nH]c1C. The third-order valence-electron chi connectivity index (χ3n) is 2.80. The molecule has 0 saturated heterocycles. The van der Waals surface area contributed by atoms with Crippen molar-refractivity contribution in [2.24, 2.45) is 0 Å². The summed E-state index contributed by atoms with van der Waals surface area (Å²) in [6, 6.07) is 4.26. The van der Waals surface area contributed by atoms with E-state index in [4.69, 9.17) is 4.74 Å². The van der Waals surface area contributed by atoms with E-state index in [0.717, 1.165) is 11.3 Å². The van der Waals surface area contributed by atoms with E-state index < -0.39 is 11.7 Å². The van der Waals surface area contributed by atoms with Gasteiger partial charge in [-0.25, -0.2) is 4.39 Å². The molecule has 0 unspecified atom stereocenters. The molecule has 0 radical (unpaired) electrons. The van der Waals surface area contributed by atoms with Crippen molar-refractivity contribution >= 4 is 5.91 Å². The van der Waals surface area contributed by atoms with Crippen molar-refractivity contribution < 1.29 is 13.9 Å². The molecule has 5 nitrogen and oxygen atoms in total. The Hall–Kier alpha value is -2.37. The molecule has 1 aromatic carbocycles. The van der Waals surface area contributed by atoms with Crippen molar-refractivity contribution in [3.63, 3.8) is 0 Å². The van der Waals surface area contributed by atoms with Crippen LogP contribution in [-0.4, -0.2) is 23.2 Å². The van der Waals surface area contributed by atoms with Crippen LogP contribution in [0.1, 0.15) is 21.6 Å². The van der Waals surface area contributed by atoms with Gasteiger partial charge in [0.2, 0.25) is 0 Å². The van der Waals surface area contributed by atoms with Gasteiger partial charge in [0.15, 0.2) is 0 Å². The minimum Gasteiger partial charge on any atom is -0.496 e. The van der Waals surface area contributed by atoms with Gasteiger partial charge in [-0.3, -0.25) is 9.89 Å². The second kappa shape index (κ2) is 5.51. The predicted octanol–water partition coefficient (Wildman–Crippen LogP) is 1.80. The first-order valence-electron chi connectivity index (χ1n) is 5.73. The topological polar surface area (TPSA) is 67.0 Å². The molecule has 19 heavy (non-hydrogen) atoms. The highest BCUT2D eigenvalue weighted by atomic mass is 19.1. The molecule has 0 aliphatic rings. The summed E-state index contributed by atoms with van der Waals surface area (Å²) < 4.78 is 18.7. The molecule has 0 spiro atoms. The summed E-state index contributed by atoms with van der Waals surface area (Å²) in [6.07, 6.45) is 1.62. The van der Waals surface area contributed by atoms with Crippen LogP contribution >= 0.6 is 0 Å². The Bertz CT molecular complexity index is 595. The number of aryl methyl sites for hydroxylation is 1. The van der Waals surface area contributed by atoms with E-state index in [1.165, 1.54) is 19.2 Å². The number of aromatic amines is 1. The van der Waals surface area contributed by atoms with Crippen molar-refractivity contribution in [3.05, 3.63) is 47.0 Å². The molecule has 0 bridgehead atoms. The normalized spacial score (nSPS) is 10.3. The minimum atomic E-state index is -0.610. The van der Waals surface area contributed by atoms with Crippen LogP contribution in [-0.2, 0) is 6.54 Å². The molecule has 2 rings (SSSR count). The van der Waals surface area contributed by atoms with Crippen molar-refractivity contribution in [2.45, 2.75) is 13.5 Å². The number of carbonyl (C=O) groups is 1. The minimum absolute atomic E-state index is 0.0915. The number of hydrogen-bond acceptors (Lipinski definition) is 3. The lowest BCUT2D eigenvalue weighted by Crippen LogP contribution is -2.24. The first-order chi connectivity index (χ1) is 9.13. The zero-order valence-electron chi connectivity index (χ0n) is 10.7. The number of halogens is 1. The maximum Gasteiger partial charge on any atom is 0.258 e. The van der Waals surface area contributed by atoms with Gasteiger partial charge in [-0.15, -0.1) is 0 Å². The number of H-pyrrole nitrogens is 1. The molecule has 100 valence electrons. The molecule has 1 amide bonds. The number of benzene rings is 1. The Morgan fingerprint density at radius 1 is 1.53 bits per heavy atom. The van der Waals surface area contributed by atoms with Crippen molar-refractivity contribution in [3.8, 4) is 5.75 Å². The third-order valence-corrected chi connectivity index (χ3v) is 2.80. The number of ether oxygens (including phenoxy) is 1. The molecule has 2 aromatic rings. The second-order valence-electron chi connectivity index (χ2n) is 4.02. The average molecular weight is 263 g/mol. The van der Waals surface area contributed by atoms with E-state index in [9.17, 15) is 9.18 Å². The van der Waals surface area contributed by atoms with E-state index in [2.05, 4.69) is 15.5 Å². The fourth-order valence-electron chi connectivity index (χ4n) is 1.71. The van der Waals surface area contributed by atoms with Crippen molar-refractivity contribution in [2.75, 3.05) is 7.11 Å². The fourth-order valence-corrected chi connectivity index (χ4v) is 1.71. The van der Waals surface area contributed by atoms with E-state index in [1.807, 2.05) is 6.92 Å². The van der Waals surface area contributed by atoms with Gasteiger partial charge in [-0.2, -0.15) is 5.10 Å². The average Bonchev–Trinajstić information content (AvgIpc) is 2.81. The van der Waals surface area contributed by atoms with Crippen LogP contribution in [0.3, 0.4) is 0 Å². The third kappa shape index (κ3) is 2.73. The van der Waals surface area contributed by atoms with Crippen LogP contribution < -0.4 is 10.1 Å². The molecule has 1 heterocycles. The molecule has 2 N–H and O–H groups in total. The van der Waals surface area contributed by atoms with Crippen LogP contribution in [0.15, 0.2) is 24.4 Å². The second-order valence-corrected chi connectivity index (χ2v) is 4.02. The van der Waals surface area contributed by atoms with Crippen LogP contribution in [0.5, 0.6) is 5.75 Å². The van der Waals surface area contributed by atoms with Gasteiger partial charge in [0.1, 0.15) is 17.1 Å². The highest BCUT2D eigenvalue weighted by Crippen LogP contribution is 2.21. The smallest absolute Gasteiger partial charge is 0.258 e. The number of aromatic nitrogens is 2. The first kappa shape index (κ1) is 13.1. The summed E-state index contributed by atoms with van der Waals surface area (Å²) in [5.41, 5.74) is 1.62. The largest absolute Gasteiger partial charge is 0.496 e. The molecule has 0 atom stereocenters. The van der Waals surface area contributed by atoms with E-state index in [-0.39, 0.29) is 17.9 Å². The number of nitrogens with zero attached hydrogens (tertiary/aromatic N) is 1. The number of carbonyl (C=O) groups excluding carboxylic acids is 1. The van der Waals surface area contributed by atoms with Crippen LogP contribution in [0.25, 0.3) is 0 Å². The molecule has 0 aliphatic heterocycles. The Balaban J connectivity index is 2.14. The lowest BCUT2D eigenvalue weighted by molar-refractivity contribution is 0.0943. The predicted molar refractivity (Wildman–Crippen MR) is 67.4 cm³/mol. The molecule has 6 heteroatoms. The lowest BCUT2D eigenvalue weighted by Gasteiger charge is -2.09. The molecule has 0 saturated carbocycles. The highest BCUT2D eigenvalue weighted by molar-refractivity contribution is 5.97. The maximum atomic E-state index is 13.7. The summed E-state index contributed by atoms with van der Waals surface area (Å²) in [7, 11) is 1.39. The Labute approximate surface area is 109 Å². The fraction of sp³-hybridized carbons (Fsp3) is 0.231. The molecule has 1 aromatic heterocycles. The number of amides is 1. The van der Waals surface area contributed by atoms with Gasteiger partial charge < -0.3 is 10.1 Å². The highest BCUT2D eigenvalue weighted by Gasteiger charge is 2.17. The van der Waals surface area contributed by atoms with E-state index in [0.29, 0.717) is 0 Å². The van der Waals surface area contributed by atoms with Gasteiger partial charge >= 0.3 is 0 Å². The molecule has 0 aliphatic carbocycles. The van der Waals surface area contributed by atoms with Gasteiger partial charge in [0, 0.05) is 17.8 Å². The first-order valence-corrected chi connectivity index (χ1v) is 5.73. The summed E-state index contributed by atoms with van der Waals surface area (Å²) >= 11 is 0. The standard InChI is InChI=1S/C13H14FN3O2/c1-8-9(7-16-17-8)6-15-13(18)12-10(14)4-3-5-11(12)19-2/h3-5,7H,6H2,1-2H3,(H,15,18)(H,16,17). The summed E-state index contributed by atoms with van der Waals surface area (Å²) in [5, 5.41) is 9.25. The maximum absolute atomic E-state index is 13.7. The van der Waals surface area contributed by atoms with E-state index >= 15 is 0 Å². The molecule has 0 fully saturated rings. The molecular weight excluding hydrogens is 249 g/mol. The van der Waals surface area contributed by atoms with Crippen LogP contribution in [0.2, 0.25) is 0 Å². The zero-order valence-corrected chi connectivity index (χ0v) is 10.7. The summed E-state index contributed by atoms with van der Waals surface area (Å²) in [5.74, 6) is -0.919. The van der Waals surface area contributed by atoms with Crippen molar-refractivity contribution in [1.82, 2.24) is 15.5 Å². The van der Waals surface area contributed by atoms with Crippen LogP contribution in [0, 0.1) is 12.7 Å². The number of methoxy groups -OCH3 is 1. The van der Waals surface area contributed by atoms with Gasteiger partial charge in [-0.1, -0.05) is 6.07 Å². The van der Waals surface area contributed by atoms with E-state index in [1.54, 1.807) is 12.3 Å². The number of hydrogen-bond donors (Lipinski definition) is 2. The summed E-state index contributed by atoms with van der Waals surface area (Å²) in [6.45, 7) is 2.12. The van der Waals surface area contributed by atoms with Gasteiger partial charge in [0.25, 0.3) is 5.91 Å². The lowest BCUT2D eigenvalue weighted by atomic mass is 10.1. The Morgan fingerprint density at radius 3 is 2.95 bits per heavy atom. The monoisotopic (exact) mass is 263 g/mol. The quantitative estimate of drug-likeness (QED) is 0.883. The van der Waals surface area contributed by atoms with Crippen molar-refractivity contribution in [1.29, 1.82) is 0 Å². The molecular formula is C13H14FN3O2. The Morgan fingerprint density at radius 2 is 2.32 bits per heavy atom. The number of nitrogens with one attached hydrogen (secondary N) is 2. The van der Waals surface area contributed by atoms with Gasteiger partial charge in [-0.05, 0) is 19.1 Å². The van der Waals surface area contributed by atoms with Crippen LogP contribution in [0.4, 0.5) is 4.39 Å². The summed E-state index contributed by atoms with van der Waals surface area (Å²) in [4.78, 5) is 12.0. The number of rotatable bonds is 4.